The van der Waals surface area contributed by atoms with Crippen LogP contribution in [0.2, 0.25) is 0 Å². The normalized spacial score (nSPS) is 20.1. The Hall–Kier alpha value is -0.570. The number of carbonyl (C=O) groups is 1. The van der Waals surface area contributed by atoms with Gasteiger partial charge in [-0.15, -0.1) is 0 Å². The average molecular weight is 212 g/mol. The molecule has 0 bridgehead atoms. The Balaban J connectivity index is 2.38. The van der Waals surface area contributed by atoms with Gasteiger partial charge in [0.05, 0.1) is 0 Å². The second kappa shape index (κ2) is 5.50. The minimum Gasteiger partial charge on any atom is -0.354 e. The lowest BCUT2D eigenvalue weighted by molar-refractivity contribution is -0.119. The molecule has 0 spiro atoms. The molecule has 1 N–H and O–H groups in total. The molecule has 1 amide bonds. The third kappa shape index (κ3) is 4.65. The average Bonchev–Trinajstić information content (AvgIpc) is 2.86. The minimum absolute atomic E-state index is 0.0954. The van der Waals surface area contributed by atoms with Crippen LogP contribution in [-0.4, -0.2) is 37.5 Å². The van der Waals surface area contributed by atoms with Crippen molar-refractivity contribution in [3.63, 3.8) is 0 Å². The molecule has 88 valence electrons. The lowest BCUT2D eigenvalue weighted by Gasteiger charge is -2.25. The Bertz CT molecular complexity index is 212. The number of nitrogens with zero attached hydrogens (tertiary/aromatic N) is 1. The first kappa shape index (κ1) is 12.5. The van der Waals surface area contributed by atoms with Gasteiger partial charge in [-0.05, 0) is 58.7 Å². The molecule has 0 aromatic rings. The van der Waals surface area contributed by atoms with Crippen molar-refractivity contribution in [2.75, 3.05) is 20.6 Å². The topological polar surface area (TPSA) is 32.3 Å². The number of nitrogens with one attached hydrogen (secondary N) is 1. The number of amides is 1. The summed E-state index contributed by atoms with van der Waals surface area (Å²) in [5.41, 5.74) is 0. The SMILES string of the molecule is CC(=O)NC(C)C(CCN(C)C)C1CC1. The smallest absolute Gasteiger partial charge is 0.217 e. The zero-order chi connectivity index (χ0) is 11.4. The van der Waals surface area contributed by atoms with Gasteiger partial charge in [0, 0.05) is 13.0 Å². The Labute approximate surface area is 93.2 Å². The highest BCUT2D eigenvalue weighted by Gasteiger charge is 2.34. The maximum Gasteiger partial charge on any atom is 0.217 e. The molecule has 2 atom stereocenters. The van der Waals surface area contributed by atoms with Crippen LogP contribution in [0.5, 0.6) is 0 Å². The van der Waals surface area contributed by atoms with E-state index in [1.54, 1.807) is 6.92 Å². The summed E-state index contributed by atoms with van der Waals surface area (Å²) >= 11 is 0. The van der Waals surface area contributed by atoms with E-state index in [9.17, 15) is 4.79 Å². The summed E-state index contributed by atoms with van der Waals surface area (Å²) in [5.74, 6) is 1.61. The molecule has 0 heterocycles. The van der Waals surface area contributed by atoms with Crippen molar-refractivity contribution >= 4 is 5.91 Å². The van der Waals surface area contributed by atoms with E-state index in [-0.39, 0.29) is 5.91 Å². The first-order valence-electron chi connectivity index (χ1n) is 5.92. The molecular weight excluding hydrogens is 188 g/mol. The lowest BCUT2D eigenvalue weighted by atomic mass is 9.92. The first-order valence-corrected chi connectivity index (χ1v) is 5.92. The van der Waals surface area contributed by atoms with Crippen LogP contribution < -0.4 is 5.32 Å². The van der Waals surface area contributed by atoms with E-state index in [4.69, 9.17) is 0 Å². The maximum absolute atomic E-state index is 11.0. The van der Waals surface area contributed by atoms with E-state index in [0.29, 0.717) is 12.0 Å². The molecule has 3 nitrogen and oxygen atoms in total. The molecule has 1 aliphatic rings. The highest BCUT2D eigenvalue weighted by molar-refractivity contribution is 5.73. The molecule has 1 rings (SSSR count). The number of hydrogen-bond acceptors (Lipinski definition) is 2. The quantitative estimate of drug-likeness (QED) is 0.723. The molecule has 1 fully saturated rings. The number of carbonyl (C=O) groups excluding carboxylic acids is 1. The van der Waals surface area contributed by atoms with Crippen molar-refractivity contribution in [3.05, 3.63) is 0 Å². The van der Waals surface area contributed by atoms with Crippen molar-refractivity contribution in [2.24, 2.45) is 11.8 Å². The predicted octanol–water partition coefficient (Wildman–Crippen LogP) is 1.49. The van der Waals surface area contributed by atoms with Crippen LogP contribution >= 0.6 is 0 Å². The van der Waals surface area contributed by atoms with Crippen molar-refractivity contribution in [3.8, 4) is 0 Å². The minimum atomic E-state index is 0.0954. The summed E-state index contributed by atoms with van der Waals surface area (Å²) in [6.45, 7) is 4.86. The predicted molar refractivity (Wildman–Crippen MR) is 62.7 cm³/mol. The fourth-order valence-electron chi connectivity index (χ4n) is 2.25. The van der Waals surface area contributed by atoms with Gasteiger partial charge in [0.1, 0.15) is 0 Å². The molecule has 0 aliphatic heterocycles. The summed E-state index contributed by atoms with van der Waals surface area (Å²) < 4.78 is 0. The molecule has 0 aromatic heterocycles. The van der Waals surface area contributed by atoms with E-state index in [0.717, 1.165) is 12.5 Å². The van der Waals surface area contributed by atoms with Crippen LogP contribution in [0.15, 0.2) is 0 Å². The number of rotatable bonds is 6. The van der Waals surface area contributed by atoms with E-state index in [1.807, 2.05) is 0 Å². The summed E-state index contributed by atoms with van der Waals surface area (Å²) in [4.78, 5) is 13.2. The molecule has 1 saturated carbocycles. The fourth-order valence-corrected chi connectivity index (χ4v) is 2.25. The van der Waals surface area contributed by atoms with Crippen LogP contribution in [0.4, 0.5) is 0 Å². The third-order valence-corrected chi connectivity index (χ3v) is 3.21. The van der Waals surface area contributed by atoms with Crippen LogP contribution in [0, 0.1) is 11.8 Å². The van der Waals surface area contributed by atoms with Gasteiger partial charge in [-0.3, -0.25) is 4.79 Å². The van der Waals surface area contributed by atoms with Gasteiger partial charge in [-0.25, -0.2) is 0 Å². The zero-order valence-corrected chi connectivity index (χ0v) is 10.4. The molecule has 15 heavy (non-hydrogen) atoms. The van der Waals surface area contributed by atoms with E-state index in [2.05, 4.69) is 31.2 Å². The van der Waals surface area contributed by atoms with Crippen LogP contribution in [0.25, 0.3) is 0 Å². The molecular formula is C12H24N2O. The summed E-state index contributed by atoms with van der Waals surface area (Å²) in [6, 6.07) is 0.329. The Morgan fingerprint density at radius 2 is 2.07 bits per heavy atom. The highest BCUT2D eigenvalue weighted by Crippen LogP contribution is 2.40. The summed E-state index contributed by atoms with van der Waals surface area (Å²) in [7, 11) is 4.21. The van der Waals surface area contributed by atoms with Crippen molar-refractivity contribution in [1.29, 1.82) is 0 Å². The standard InChI is InChI=1S/C12H24N2O/c1-9(13-10(2)15)12(11-5-6-11)7-8-14(3)4/h9,11-12H,5-8H2,1-4H3,(H,13,15). The van der Waals surface area contributed by atoms with Gasteiger partial charge < -0.3 is 10.2 Å². The van der Waals surface area contributed by atoms with Gasteiger partial charge in [-0.2, -0.15) is 0 Å². The van der Waals surface area contributed by atoms with Crippen molar-refractivity contribution in [1.82, 2.24) is 10.2 Å². The monoisotopic (exact) mass is 212 g/mol. The van der Waals surface area contributed by atoms with Gasteiger partial charge >= 0.3 is 0 Å². The Morgan fingerprint density at radius 3 is 2.47 bits per heavy atom. The molecule has 0 aromatic carbocycles. The largest absolute Gasteiger partial charge is 0.354 e. The second-order valence-corrected chi connectivity index (χ2v) is 5.08. The first-order chi connectivity index (χ1) is 7.00. The summed E-state index contributed by atoms with van der Waals surface area (Å²) in [6.07, 6.45) is 3.89. The Morgan fingerprint density at radius 1 is 1.47 bits per heavy atom. The van der Waals surface area contributed by atoms with Crippen molar-refractivity contribution in [2.45, 2.75) is 39.2 Å². The molecule has 3 heteroatoms. The molecule has 1 aliphatic carbocycles. The van der Waals surface area contributed by atoms with Crippen molar-refractivity contribution < 1.29 is 4.79 Å². The second-order valence-electron chi connectivity index (χ2n) is 5.08. The lowest BCUT2D eigenvalue weighted by Crippen LogP contribution is -2.38. The number of hydrogen-bond donors (Lipinski definition) is 1. The van der Waals surface area contributed by atoms with Gasteiger partial charge in [0.25, 0.3) is 0 Å². The van der Waals surface area contributed by atoms with Gasteiger partial charge in [0.15, 0.2) is 0 Å². The van der Waals surface area contributed by atoms with Crippen LogP contribution in [0.1, 0.15) is 33.1 Å². The van der Waals surface area contributed by atoms with Crippen LogP contribution in [-0.2, 0) is 4.79 Å². The maximum atomic E-state index is 11.0. The van der Waals surface area contributed by atoms with E-state index >= 15 is 0 Å². The zero-order valence-electron chi connectivity index (χ0n) is 10.4. The third-order valence-electron chi connectivity index (χ3n) is 3.21. The Kier molecular flexibility index (Phi) is 4.58. The van der Waals surface area contributed by atoms with Gasteiger partial charge in [0.2, 0.25) is 5.91 Å². The van der Waals surface area contributed by atoms with E-state index < -0.39 is 0 Å². The molecule has 0 radical (unpaired) electrons. The fraction of sp³-hybridized carbons (Fsp3) is 0.917. The highest BCUT2D eigenvalue weighted by atomic mass is 16.1. The van der Waals surface area contributed by atoms with E-state index in [1.165, 1.54) is 19.3 Å². The molecule has 0 saturated heterocycles. The van der Waals surface area contributed by atoms with Crippen LogP contribution in [0.3, 0.4) is 0 Å². The molecule has 2 unspecified atom stereocenters. The summed E-state index contributed by atoms with van der Waals surface area (Å²) in [5, 5.41) is 3.03. The van der Waals surface area contributed by atoms with Gasteiger partial charge in [-0.1, -0.05) is 0 Å².